The lowest BCUT2D eigenvalue weighted by Crippen LogP contribution is -2.25. The van der Waals surface area contributed by atoms with Gasteiger partial charge in [-0.25, -0.2) is 0 Å². The molecule has 0 bridgehead atoms. The molecule has 0 aromatic carbocycles. The fraction of sp³-hybridized carbons (Fsp3) is 0.385. The first-order valence-corrected chi connectivity index (χ1v) is 5.35. The first-order valence-electron chi connectivity index (χ1n) is 5.35. The van der Waals surface area contributed by atoms with Crippen molar-refractivity contribution in [3.05, 3.63) is 35.8 Å². The van der Waals surface area contributed by atoms with Crippen LogP contribution in [0.1, 0.15) is 32.3 Å². The van der Waals surface area contributed by atoms with E-state index in [4.69, 9.17) is 0 Å². The maximum atomic E-state index is 12.0. The van der Waals surface area contributed by atoms with Crippen LogP contribution in [0.15, 0.2) is 30.3 Å². The number of aliphatic hydroxyl groups excluding tert-OH is 1. The molecule has 0 saturated carbocycles. The molecule has 1 aliphatic carbocycles. The third kappa shape index (κ3) is 1.98. The average Bonchev–Trinajstić information content (AvgIpc) is 2.16. The van der Waals surface area contributed by atoms with Gasteiger partial charge in [-0.05, 0) is 23.1 Å². The third-order valence-electron chi connectivity index (χ3n) is 2.82. The summed E-state index contributed by atoms with van der Waals surface area (Å²) < 4.78 is 0. The first kappa shape index (κ1) is 10.9. The van der Waals surface area contributed by atoms with Crippen molar-refractivity contribution >= 4 is 11.4 Å². The van der Waals surface area contributed by atoms with Crippen LogP contribution in [0.2, 0.25) is 0 Å². The molecule has 0 unspecified atom stereocenters. The standard InChI is InChI=1S/C13H15NO2/c1-13(2)7-10(15)12(11(16)8-13)9-3-5-14-6-4-9/h3-6,15H,7-8H2,1-2H3. The lowest BCUT2D eigenvalue weighted by atomic mass is 9.75. The van der Waals surface area contributed by atoms with E-state index >= 15 is 0 Å². The molecule has 16 heavy (non-hydrogen) atoms. The Morgan fingerprint density at radius 1 is 1.25 bits per heavy atom. The highest BCUT2D eigenvalue weighted by Crippen LogP contribution is 2.38. The summed E-state index contributed by atoms with van der Waals surface area (Å²) in [5.74, 6) is 0.215. The number of Topliss-reactive ketones (excluding diaryl/α,β-unsaturated/α-hetero) is 1. The largest absolute Gasteiger partial charge is 0.512 e. The zero-order chi connectivity index (χ0) is 11.8. The average molecular weight is 217 g/mol. The zero-order valence-corrected chi connectivity index (χ0v) is 9.53. The van der Waals surface area contributed by atoms with E-state index in [2.05, 4.69) is 4.98 Å². The van der Waals surface area contributed by atoms with Gasteiger partial charge in [-0.15, -0.1) is 0 Å². The second-order valence-electron chi connectivity index (χ2n) is 5.00. The maximum absolute atomic E-state index is 12.0. The number of pyridine rings is 1. The molecule has 1 aliphatic rings. The van der Waals surface area contributed by atoms with Gasteiger partial charge in [0.05, 0.1) is 5.57 Å². The molecule has 3 heteroatoms. The van der Waals surface area contributed by atoms with Gasteiger partial charge in [0.25, 0.3) is 0 Å². The van der Waals surface area contributed by atoms with E-state index in [0.717, 1.165) is 5.56 Å². The number of ketones is 1. The zero-order valence-electron chi connectivity index (χ0n) is 9.53. The van der Waals surface area contributed by atoms with Gasteiger partial charge in [-0.1, -0.05) is 13.8 Å². The van der Waals surface area contributed by atoms with Gasteiger partial charge >= 0.3 is 0 Å². The van der Waals surface area contributed by atoms with Crippen molar-refractivity contribution in [2.45, 2.75) is 26.7 Å². The first-order chi connectivity index (χ1) is 7.49. The molecule has 1 aromatic heterocycles. The van der Waals surface area contributed by atoms with E-state index in [9.17, 15) is 9.90 Å². The van der Waals surface area contributed by atoms with Gasteiger partial charge in [-0.2, -0.15) is 0 Å². The van der Waals surface area contributed by atoms with Gasteiger partial charge in [0.2, 0.25) is 0 Å². The van der Waals surface area contributed by atoms with Crippen molar-refractivity contribution in [3.8, 4) is 0 Å². The van der Waals surface area contributed by atoms with E-state index in [1.165, 1.54) is 0 Å². The van der Waals surface area contributed by atoms with Crippen molar-refractivity contribution in [2.75, 3.05) is 0 Å². The van der Waals surface area contributed by atoms with Crippen LogP contribution in [-0.4, -0.2) is 15.9 Å². The molecule has 1 heterocycles. The number of carbonyl (C=O) groups is 1. The SMILES string of the molecule is CC1(C)CC(=O)C(c2ccncc2)=C(O)C1. The van der Waals surface area contributed by atoms with E-state index < -0.39 is 0 Å². The maximum Gasteiger partial charge on any atom is 0.167 e. The molecule has 1 N–H and O–H groups in total. The van der Waals surface area contributed by atoms with E-state index in [-0.39, 0.29) is 17.0 Å². The molecule has 0 spiro atoms. The number of nitrogens with zero attached hydrogens (tertiary/aromatic N) is 1. The fourth-order valence-electron chi connectivity index (χ4n) is 2.13. The highest BCUT2D eigenvalue weighted by molar-refractivity contribution is 6.22. The summed E-state index contributed by atoms with van der Waals surface area (Å²) in [7, 11) is 0. The number of allylic oxidation sites excluding steroid dienone is 2. The van der Waals surface area contributed by atoms with Crippen LogP contribution in [0.5, 0.6) is 0 Å². The summed E-state index contributed by atoms with van der Waals surface area (Å²) in [6, 6.07) is 3.50. The van der Waals surface area contributed by atoms with Gasteiger partial charge in [0.15, 0.2) is 5.78 Å². The number of rotatable bonds is 1. The predicted molar refractivity (Wildman–Crippen MR) is 61.8 cm³/mol. The van der Waals surface area contributed by atoms with Crippen molar-refractivity contribution in [2.24, 2.45) is 5.41 Å². The Labute approximate surface area is 94.8 Å². The summed E-state index contributed by atoms with van der Waals surface area (Å²) in [4.78, 5) is 15.9. The molecule has 0 fully saturated rings. The molecular formula is C13H15NO2. The van der Waals surface area contributed by atoms with Gasteiger partial charge < -0.3 is 5.11 Å². The summed E-state index contributed by atoms with van der Waals surface area (Å²) >= 11 is 0. The molecule has 0 saturated heterocycles. The van der Waals surface area contributed by atoms with Crippen LogP contribution in [0.25, 0.3) is 5.57 Å². The quantitative estimate of drug-likeness (QED) is 0.786. The molecule has 0 atom stereocenters. The van der Waals surface area contributed by atoms with Crippen LogP contribution in [-0.2, 0) is 4.79 Å². The summed E-state index contributed by atoms with van der Waals surface area (Å²) in [5.41, 5.74) is 1.08. The van der Waals surface area contributed by atoms with Crippen LogP contribution in [0.3, 0.4) is 0 Å². The van der Waals surface area contributed by atoms with Crippen LogP contribution < -0.4 is 0 Å². The monoisotopic (exact) mass is 217 g/mol. The van der Waals surface area contributed by atoms with E-state index in [1.807, 2.05) is 13.8 Å². The third-order valence-corrected chi connectivity index (χ3v) is 2.82. The van der Waals surface area contributed by atoms with E-state index in [1.54, 1.807) is 24.5 Å². The van der Waals surface area contributed by atoms with Crippen molar-refractivity contribution < 1.29 is 9.90 Å². The molecule has 0 radical (unpaired) electrons. The van der Waals surface area contributed by atoms with Crippen molar-refractivity contribution in [3.63, 3.8) is 0 Å². The second-order valence-corrected chi connectivity index (χ2v) is 5.00. The molecule has 84 valence electrons. The van der Waals surface area contributed by atoms with Crippen molar-refractivity contribution in [1.82, 2.24) is 4.98 Å². The Morgan fingerprint density at radius 3 is 2.44 bits per heavy atom. The van der Waals surface area contributed by atoms with E-state index in [0.29, 0.717) is 18.4 Å². The van der Waals surface area contributed by atoms with Crippen LogP contribution in [0.4, 0.5) is 0 Å². The van der Waals surface area contributed by atoms with Gasteiger partial charge in [0.1, 0.15) is 5.76 Å². The van der Waals surface area contributed by atoms with Crippen LogP contribution in [0, 0.1) is 5.41 Å². The second kappa shape index (κ2) is 3.74. The minimum atomic E-state index is -0.141. The summed E-state index contributed by atoms with van der Waals surface area (Å²) in [5, 5.41) is 9.97. The van der Waals surface area contributed by atoms with Crippen molar-refractivity contribution in [1.29, 1.82) is 0 Å². The number of aromatic nitrogens is 1. The number of hydrogen-bond acceptors (Lipinski definition) is 3. The highest BCUT2D eigenvalue weighted by atomic mass is 16.3. The minimum absolute atomic E-state index is 0.0138. The molecular weight excluding hydrogens is 202 g/mol. The minimum Gasteiger partial charge on any atom is -0.512 e. The summed E-state index contributed by atoms with van der Waals surface area (Å²) in [6.07, 6.45) is 4.29. The molecule has 2 rings (SSSR count). The smallest absolute Gasteiger partial charge is 0.167 e. The normalized spacial score (nSPS) is 20.0. The molecule has 1 aromatic rings. The van der Waals surface area contributed by atoms with Crippen LogP contribution >= 0.6 is 0 Å². The topological polar surface area (TPSA) is 50.2 Å². The Hall–Kier alpha value is -1.64. The lowest BCUT2D eigenvalue weighted by molar-refractivity contribution is -0.116. The molecule has 3 nitrogen and oxygen atoms in total. The van der Waals surface area contributed by atoms with Gasteiger partial charge in [0, 0.05) is 25.2 Å². The van der Waals surface area contributed by atoms with Gasteiger partial charge in [-0.3, -0.25) is 9.78 Å². The Bertz CT molecular complexity index is 446. The fourth-order valence-corrected chi connectivity index (χ4v) is 2.13. The highest BCUT2D eigenvalue weighted by Gasteiger charge is 2.33. The molecule has 0 amide bonds. The lowest BCUT2D eigenvalue weighted by Gasteiger charge is -2.29. The Balaban J connectivity index is 2.45. The number of carbonyl (C=O) groups excluding carboxylic acids is 1. The number of hydrogen-bond donors (Lipinski definition) is 1. The Morgan fingerprint density at radius 2 is 1.88 bits per heavy atom. The predicted octanol–water partition coefficient (Wildman–Crippen LogP) is 2.74. The Kier molecular flexibility index (Phi) is 2.54. The summed E-state index contributed by atoms with van der Waals surface area (Å²) in [6.45, 7) is 3.98. The molecule has 0 aliphatic heterocycles. The number of aliphatic hydroxyl groups is 1.